The lowest BCUT2D eigenvalue weighted by Crippen LogP contribution is -2.44. The van der Waals surface area contributed by atoms with E-state index < -0.39 is 0 Å². The minimum Gasteiger partial charge on any atom is -0.376 e. The van der Waals surface area contributed by atoms with Gasteiger partial charge in [0.15, 0.2) is 0 Å². The number of ether oxygens (including phenoxy) is 1. The number of hydrogen-bond acceptors (Lipinski definition) is 2. The normalized spacial score (nSPS) is 24.0. The minimum atomic E-state index is 0.362. The summed E-state index contributed by atoms with van der Waals surface area (Å²) in [4.78, 5) is 0. The molecule has 3 atom stereocenters. The Hall–Kier alpha value is -0.860. The Morgan fingerprint density at radius 1 is 1.30 bits per heavy atom. The second-order valence-electron chi connectivity index (χ2n) is 6.24. The largest absolute Gasteiger partial charge is 0.376 e. The Labute approximate surface area is 123 Å². The van der Waals surface area contributed by atoms with E-state index in [9.17, 15) is 0 Å². The molecule has 1 heterocycles. The molecule has 1 saturated heterocycles. The molecule has 2 rings (SSSR count). The van der Waals surface area contributed by atoms with Crippen LogP contribution in [0.15, 0.2) is 18.2 Å². The van der Waals surface area contributed by atoms with Crippen molar-refractivity contribution >= 4 is 0 Å². The molecular weight excluding hydrogens is 246 g/mol. The molecule has 0 radical (unpaired) electrons. The molecule has 1 aliphatic rings. The van der Waals surface area contributed by atoms with E-state index in [4.69, 9.17) is 4.74 Å². The molecular formula is C18H29NO. The van der Waals surface area contributed by atoms with E-state index >= 15 is 0 Å². The van der Waals surface area contributed by atoms with E-state index in [0.717, 1.165) is 19.6 Å². The molecule has 1 aromatic rings. The fraction of sp³-hybridized carbons (Fsp3) is 0.667. The molecule has 3 unspecified atom stereocenters. The van der Waals surface area contributed by atoms with E-state index in [1.165, 1.54) is 29.5 Å². The zero-order valence-corrected chi connectivity index (χ0v) is 13.4. The number of nitrogens with one attached hydrogen (secondary N) is 1. The molecule has 2 heteroatoms. The number of aryl methyl sites for hydroxylation is 2. The van der Waals surface area contributed by atoms with Gasteiger partial charge in [-0.2, -0.15) is 0 Å². The maximum absolute atomic E-state index is 6.01. The first-order valence-electron chi connectivity index (χ1n) is 8.03. The van der Waals surface area contributed by atoms with Crippen molar-refractivity contribution in [3.8, 4) is 0 Å². The fourth-order valence-corrected chi connectivity index (χ4v) is 3.26. The van der Waals surface area contributed by atoms with Crippen molar-refractivity contribution in [1.29, 1.82) is 0 Å². The lowest BCUT2D eigenvalue weighted by Gasteiger charge is -2.28. The quantitative estimate of drug-likeness (QED) is 0.856. The smallest absolute Gasteiger partial charge is 0.0757 e. The summed E-state index contributed by atoms with van der Waals surface area (Å²) < 4.78 is 6.01. The molecule has 1 aliphatic heterocycles. The summed E-state index contributed by atoms with van der Waals surface area (Å²) in [6.45, 7) is 11.0. The third-order valence-electron chi connectivity index (χ3n) is 4.57. The van der Waals surface area contributed by atoms with Gasteiger partial charge in [-0.25, -0.2) is 0 Å². The number of rotatable bonds is 6. The topological polar surface area (TPSA) is 21.3 Å². The lowest BCUT2D eigenvalue weighted by molar-refractivity contribution is 0.0609. The highest BCUT2D eigenvalue weighted by Gasteiger charge is 2.32. The van der Waals surface area contributed by atoms with Gasteiger partial charge >= 0.3 is 0 Å². The first-order valence-corrected chi connectivity index (χ1v) is 8.03. The zero-order valence-electron chi connectivity index (χ0n) is 13.4. The molecule has 0 amide bonds. The van der Waals surface area contributed by atoms with Gasteiger partial charge in [-0.05, 0) is 62.3 Å². The maximum Gasteiger partial charge on any atom is 0.0757 e. The van der Waals surface area contributed by atoms with Gasteiger partial charge in [-0.15, -0.1) is 0 Å². The molecule has 0 saturated carbocycles. The van der Waals surface area contributed by atoms with Crippen LogP contribution in [0.1, 0.15) is 43.4 Å². The fourth-order valence-electron chi connectivity index (χ4n) is 3.26. The second-order valence-corrected chi connectivity index (χ2v) is 6.24. The predicted octanol–water partition coefficient (Wildman–Crippen LogP) is 3.64. The van der Waals surface area contributed by atoms with E-state index in [0.29, 0.717) is 18.1 Å². The molecule has 0 bridgehead atoms. The summed E-state index contributed by atoms with van der Waals surface area (Å²) >= 11 is 0. The summed E-state index contributed by atoms with van der Waals surface area (Å²) in [6.07, 6.45) is 3.81. The molecule has 2 nitrogen and oxygen atoms in total. The summed E-state index contributed by atoms with van der Waals surface area (Å²) in [5.74, 6) is 0.661. The van der Waals surface area contributed by atoms with Crippen molar-refractivity contribution in [3.63, 3.8) is 0 Å². The third kappa shape index (κ3) is 3.62. The van der Waals surface area contributed by atoms with Crippen molar-refractivity contribution in [2.75, 3.05) is 13.2 Å². The molecule has 1 aromatic carbocycles. The van der Waals surface area contributed by atoms with E-state index in [1.54, 1.807) is 0 Å². The van der Waals surface area contributed by atoms with Crippen LogP contribution in [0, 0.1) is 19.8 Å². The van der Waals surface area contributed by atoms with Crippen molar-refractivity contribution in [2.24, 2.45) is 5.92 Å². The van der Waals surface area contributed by atoms with Crippen LogP contribution >= 0.6 is 0 Å². The van der Waals surface area contributed by atoms with Crippen LogP contribution in [0.5, 0.6) is 0 Å². The Bertz CT molecular complexity index is 409. The zero-order chi connectivity index (χ0) is 14.5. The predicted molar refractivity (Wildman–Crippen MR) is 85.2 cm³/mol. The second kappa shape index (κ2) is 7.24. The molecule has 0 aromatic heterocycles. The van der Waals surface area contributed by atoms with Crippen LogP contribution in [0.2, 0.25) is 0 Å². The summed E-state index contributed by atoms with van der Waals surface area (Å²) in [6, 6.07) is 7.03. The minimum absolute atomic E-state index is 0.362. The van der Waals surface area contributed by atoms with Gasteiger partial charge < -0.3 is 10.1 Å². The monoisotopic (exact) mass is 275 g/mol. The van der Waals surface area contributed by atoms with Crippen molar-refractivity contribution < 1.29 is 4.74 Å². The molecule has 1 N–H and O–H groups in total. The van der Waals surface area contributed by atoms with Crippen LogP contribution in [0.3, 0.4) is 0 Å². The Morgan fingerprint density at radius 3 is 2.55 bits per heavy atom. The SMILES string of the molecule is CCCNC(Cc1c(C)cccc1C)C1OCCC1C. The van der Waals surface area contributed by atoms with Gasteiger partial charge in [0.2, 0.25) is 0 Å². The Morgan fingerprint density at radius 2 is 2.00 bits per heavy atom. The van der Waals surface area contributed by atoms with Crippen LogP contribution in [-0.4, -0.2) is 25.3 Å². The first-order chi connectivity index (χ1) is 9.63. The van der Waals surface area contributed by atoms with Crippen molar-refractivity contribution in [1.82, 2.24) is 5.32 Å². The van der Waals surface area contributed by atoms with Crippen LogP contribution < -0.4 is 5.32 Å². The first kappa shape index (κ1) is 15.5. The van der Waals surface area contributed by atoms with Gasteiger partial charge in [0.25, 0.3) is 0 Å². The maximum atomic E-state index is 6.01. The molecule has 20 heavy (non-hydrogen) atoms. The van der Waals surface area contributed by atoms with Crippen molar-refractivity contribution in [2.45, 2.75) is 59.1 Å². The average molecular weight is 275 g/mol. The molecule has 0 aliphatic carbocycles. The van der Waals surface area contributed by atoms with Crippen LogP contribution in [0.4, 0.5) is 0 Å². The molecule has 0 spiro atoms. The van der Waals surface area contributed by atoms with Crippen LogP contribution in [-0.2, 0) is 11.2 Å². The highest BCUT2D eigenvalue weighted by Crippen LogP contribution is 2.26. The van der Waals surface area contributed by atoms with Crippen molar-refractivity contribution in [3.05, 3.63) is 34.9 Å². The lowest BCUT2D eigenvalue weighted by atomic mass is 9.89. The van der Waals surface area contributed by atoms with Gasteiger partial charge in [0.05, 0.1) is 6.10 Å². The summed E-state index contributed by atoms with van der Waals surface area (Å²) in [7, 11) is 0. The Kier molecular flexibility index (Phi) is 5.62. The van der Waals surface area contributed by atoms with E-state index in [-0.39, 0.29) is 0 Å². The van der Waals surface area contributed by atoms with Crippen LogP contribution in [0.25, 0.3) is 0 Å². The third-order valence-corrected chi connectivity index (χ3v) is 4.57. The van der Waals surface area contributed by atoms with Gasteiger partial charge in [0, 0.05) is 12.6 Å². The Balaban J connectivity index is 2.14. The molecule has 112 valence electrons. The summed E-state index contributed by atoms with van der Waals surface area (Å²) in [5, 5.41) is 3.72. The highest BCUT2D eigenvalue weighted by atomic mass is 16.5. The number of benzene rings is 1. The highest BCUT2D eigenvalue weighted by molar-refractivity contribution is 5.34. The average Bonchev–Trinajstić information content (AvgIpc) is 2.84. The summed E-state index contributed by atoms with van der Waals surface area (Å²) in [5.41, 5.74) is 4.29. The van der Waals surface area contributed by atoms with E-state index in [1.807, 2.05) is 0 Å². The van der Waals surface area contributed by atoms with Gasteiger partial charge in [-0.1, -0.05) is 32.0 Å². The van der Waals surface area contributed by atoms with Gasteiger partial charge in [-0.3, -0.25) is 0 Å². The standard InChI is InChI=1S/C18H29NO/c1-5-10-19-17(18-15(4)9-11-20-18)12-16-13(2)7-6-8-14(16)3/h6-8,15,17-19H,5,9-12H2,1-4H3. The number of hydrogen-bond donors (Lipinski definition) is 1. The van der Waals surface area contributed by atoms with Gasteiger partial charge in [0.1, 0.15) is 0 Å². The molecule has 1 fully saturated rings. The van der Waals surface area contributed by atoms with E-state index in [2.05, 4.69) is 51.2 Å².